The number of aromatic nitrogens is 1. The Labute approximate surface area is 201 Å². The number of nitrogens with zero attached hydrogens (tertiary/aromatic N) is 3. The van der Waals surface area contributed by atoms with Crippen LogP contribution in [0.25, 0.3) is 10.6 Å². The molecule has 0 amide bonds. The van der Waals surface area contributed by atoms with Gasteiger partial charge < -0.3 is 15.4 Å². The summed E-state index contributed by atoms with van der Waals surface area (Å²) in [6, 6.07) is 10.8. The first-order valence-corrected chi connectivity index (χ1v) is 11.3. The van der Waals surface area contributed by atoms with Gasteiger partial charge >= 0.3 is 0 Å². The van der Waals surface area contributed by atoms with Gasteiger partial charge in [-0.3, -0.25) is 9.89 Å². The van der Waals surface area contributed by atoms with Crippen molar-refractivity contribution in [1.82, 2.24) is 20.5 Å². The third-order valence-electron chi connectivity index (χ3n) is 5.04. The lowest BCUT2D eigenvalue weighted by atomic mass is 10.0. The molecule has 2 N–H and O–H groups in total. The van der Waals surface area contributed by atoms with E-state index in [1.54, 1.807) is 11.3 Å². The van der Waals surface area contributed by atoms with Gasteiger partial charge in [0.1, 0.15) is 5.01 Å². The molecule has 1 aromatic carbocycles. The molecule has 1 saturated heterocycles. The third kappa shape index (κ3) is 7.79. The molecule has 2 heterocycles. The van der Waals surface area contributed by atoms with E-state index in [4.69, 9.17) is 9.72 Å². The summed E-state index contributed by atoms with van der Waals surface area (Å²) in [5.41, 5.74) is 2.19. The van der Waals surface area contributed by atoms with Crippen LogP contribution in [-0.2, 0) is 11.3 Å². The van der Waals surface area contributed by atoms with Crippen LogP contribution in [0.15, 0.2) is 40.7 Å². The summed E-state index contributed by atoms with van der Waals surface area (Å²) in [6.07, 6.45) is 1.16. The fourth-order valence-corrected chi connectivity index (χ4v) is 4.38. The van der Waals surface area contributed by atoms with Crippen LogP contribution in [0.5, 0.6) is 0 Å². The largest absolute Gasteiger partial charge is 0.379 e. The SMILES string of the molecule is CN=C(NCc1csc(-c2ccccc2)n1)NCC(CC(C)C)N1CCOCC1.I. The van der Waals surface area contributed by atoms with Crippen LogP contribution in [0.3, 0.4) is 0 Å². The molecule has 2 aromatic rings. The third-order valence-corrected chi connectivity index (χ3v) is 5.98. The summed E-state index contributed by atoms with van der Waals surface area (Å²) < 4.78 is 5.52. The minimum atomic E-state index is 0. The van der Waals surface area contributed by atoms with E-state index in [0.717, 1.165) is 61.5 Å². The van der Waals surface area contributed by atoms with E-state index >= 15 is 0 Å². The normalized spacial score (nSPS) is 16.2. The number of hydrogen-bond acceptors (Lipinski definition) is 5. The molecule has 3 rings (SSSR count). The minimum absolute atomic E-state index is 0. The number of thiazole rings is 1. The zero-order valence-corrected chi connectivity index (χ0v) is 21.3. The predicted octanol–water partition coefficient (Wildman–Crippen LogP) is 3.84. The second kappa shape index (κ2) is 13.2. The maximum atomic E-state index is 5.52. The van der Waals surface area contributed by atoms with Crippen LogP contribution < -0.4 is 10.6 Å². The smallest absolute Gasteiger partial charge is 0.191 e. The van der Waals surface area contributed by atoms with E-state index in [1.807, 2.05) is 25.2 Å². The highest BCUT2D eigenvalue weighted by atomic mass is 127. The van der Waals surface area contributed by atoms with Gasteiger partial charge in [-0.2, -0.15) is 0 Å². The van der Waals surface area contributed by atoms with Crippen molar-refractivity contribution in [3.05, 3.63) is 41.4 Å². The molecule has 1 aliphatic heterocycles. The number of rotatable bonds is 8. The summed E-state index contributed by atoms with van der Waals surface area (Å²) in [5.74, 6) is 1.48. The summed E-state index contributed by atoms with van der Waals surface area (Å²) in [4.78, 5) is 11.7. The van der Waals surface area contributed by atoms with Gasteiger partial charge in [0.05, 0.1) is 25.5 Å². The number of guanidine groups is 1. The fourth-order valence-electron chi connectivity index (χ4n) is 3.56. The van der Waals surface area contributed by atoms with Crippen molar-refractivity contribution in [2.24, 2.45) is 10.9 Å². The highest BCUT2D eigenvalue weighted by molar-refractivity contribution is 14.0. The Hall–Kier alpha value is -1.23. The van der Waals surface area contributed by atoms with Gasteiger partial charge in [0.25, 0.3) is 0 Å². The van der Waals surface area contributed by atoms with E-state index in [1.165, 1.54) is 0 Å². The number of benzene rings is 1. The number of nitrogens with one attached hydrogen (secondary N) is 2. The molecule has 0 spiro atoms. The van der Waals surface area contributed by atoms with Crippen molar-refractivity contribution in [3.8, 4) is 10.6 Å². The Kier molecular flexibility index (Phi) is 11.0. The zero-order valence-electron chi connectivity index (χ0n) is 18.1. The van der Waals surface area contributed by atoms with Crippen molar-refractivity contribution in [2.75, 3.05) is 39.9 Å². The number of hydrogen-bond donors (Lipinski definition) is 2. The van der Waals surface area contributed by atoms with Gasteiger partial charge in [-0.15, -0.1) is 35.3 Å². The van der Waals surface area contributed by atoms with Crippen LogP contribution in [0.1, 0.15) is 26.0 Å². The van der Waals surface area contributed by atoms with Gasteiger partial charge in [0, 0.05) is 43.7 Å². The molecule has 1 fully saturated rings. The standard InChI is InChI=1S/C22H33N5OS.HI/c1-17(2)13-20(27-9-11-28-12-10-27)15-25-22(23-3)24-14-19-16-29-21(26-19)18-7-5-4-6-8-18;/h4-8,16-17,20H,9-15H2,1-3H3,(H2,23,24,25);1H. The van der Waals surface area contributed by atoms with Gasteiger partial charge in [-0.05, 0) is 12.3 Å². The first-order valence-electron chi connectivity index (χ1n) is 10.4. The Balaban J connectivity index is 0.00000320. The Morgan fingerprint density at radius 3 is 2.60 bits per heavy atom. The summed E-state index contributed by atoms with van der Waals surface area (Å²) in [7, 11) is 1.82. The fraction of sp³-hybridized carbons (Fsp3) is 0.545. The topological polar surface area (TPSA) is 61.8 Å². The van der Waals surface area contributed by atoms with Gasteiger partial charge in [0.2, 0.25) is 0 Å². The summed E-state index contributed by atoms with van der Waals surface area (Å²) in [6.45, 7) is 9.78. The number of ether oxygens (including phenoxy) is 1. The van der Waals surface area contributed by atoms with E-state index in [-0.39, 0.29) is 24.0 Å². The molecular formula is C22H34IN5OS. The van der Waals surface area contributed by atoms with E-state index in [0.29, 0.717) is 18.5 Å². The van der Waals surface area contributed by atoms with E-state index < -0.39 is 0 Å². The maximum Gasteiger partial charge on any atom is 0.191 e. The predicted molar refractivity (Wildman–Crippen MR) is 137 cm³/mol. The highest BCUT2D eigenvalue weighted by Crippen LogP contribution is 2.23. The number of morpholine rings is 1. The molecule has 30 heavy (non-hydrogen) atoms. The molecule has 0 radical (unpaired) electrons. The first-order chi connectivity index (χ1) is 14.2. The average molecular weight is 544 g/mol. The van der Waals surface area contributed by atoms with Crippen molar-refractivity contribution < 1.29 is 4.74 Å². The summed E-state index contributed by atoms with van der Waals surface area (Å²) >= 11 is 1.68. The van der Waals surface area contributed by atoms with Crippen molar-refractivity contribution in [2.45, 2.75) is 32.9 Å². The molecule has 0 saturated carbocycles. The van der Waals surface area contributed by atoms with Crippen LogP contribution in [-0.4, -0.2) is 61.8 Å². The minimum Gasteiger partial charge on any atom is -0.379 e. The van der Waals surface area contributed by atoms with Gasteiger partial charge in [0.15, 0.2) is 5.96 Å². The van der Waals surface area contributed by atoms with Crippen molar-refractivity contribution >= 4 is 41.3 Å². The van der Waals surface area contributed by atoms with Gasteiger partial charge in [-0.25, -0.2) is 4.98 Å². The lowest BCUT2D eigenvalue weighted by Crippen LogP contribution is -2.51. The van der Waals surface area contributed by atoms with E-state index in [9.17, 15) is 0 Å². The highest BCUT2D eigenvalue weighted by Gasteiger charge is 2.22. The summed E-state index contributed by atoms with van der Waals surface area (Å²) in [5, 5.41) is 10.1. The van der Waals surface area contributed by atoms with Crippen LogP contribution in [0.2, 0.25) is 0 Å². The lowest BCUT2D eigenvalue weighted by Gasteiger charge is -2.35. The number of aliphatic imine (C=N–C) groups is 1. The molecule has 1 aliphatic rings. The lowest BCUT2D eigenvalue weighted by molar-refractivity contribution is 0.0132. The molecule has 1 unspecified atom stereocenters. The Morgan fingerprint density at radius 1 is 1.20 bits per heavy atom. The second-order valence-corrected chi connectivity index (χ2v) is 8.61. The molecule has 6 nitrogen and oxygen atoms in total. The van der Waals surface area contributed by atoms with Crippen LogP contribution in [0.4, 0.5) is 0 Å². The maximum absolute atomic E-state index is 5.52. The molecular weight excluding hydrogens is 509 g/mol. The Bertz CT molecular complexity index is 762. The average Bonchev–Trinajstić information content (AvgIpc) is 3.23. The van der Waals surface area contributed by atoms with Crippen molar-refractivity contribution in [1.29, 1.82) is 0 Å². The molecule has 0 bridgehead atoms. The Morgan fingerprint density at radius 2 is 1.93 bits per heavy atom. The van der Waals surface area contributed by atoms with Gasteiger partial charge in [-0.1, -0.05) is 44.2 Å². The molecule has 8 heteroatoms. The molecule has 1 aromatic heterocycles. The molecule has 1 atom stereocenters. The second-order valence-electron chi connectivity index (χ2n) is 7.75. The molecule has 0 aliphatic carbocycles. The quantitative estimate of drug-likeness (QED) is 0.301. The molecule has 166 valence electrons. The number of halogens is 1. The first kappa shape index (κ1) is 25.0. The monoisotopic (exact) mass is 543 g/mol. The van der Waals surface area contributed by atoms with Crippen LogP contribution in [0, 0.1) is 5.92 Å². The van der Waals surface area contributed by atoms with Crippen LogP contribution >= 0.6 is 35.3 Å². The van der Waals surface area contributed by atoms with E-state index in [2.05, 4.69) is 51.9 Å². The van der Waals surface area contributed by atoms with Crippen molar-refractivity contribution in [3.63, 3.8) is 0 Å². The zero-order chi connectivity index (χ0) is 20.5.